The molecule has 8 heteroatoms. The molecule has 2 atom stereocenters. The summed E-state index contributed by atoms with van der Waals surface area (Å²) in [5.74, 6) is 0.290. The van der Waals surface area contributed by atoms with Crippen LogP contribution >= 0.6 is 11.3 Å². The number of amides is 1. The third kappa shape index (κ3) is 4.13. The van der Waals surface area contributed by atoms with Crippen LogP contribution < -0.4 is 5.32 Å². The molecule has 26 heavy (non-hydrogen) atoms. The van der Waals surface area contributed by atoms with Crippen molar-refractivity contribution in [2.24, 2.45) is 11.8 Å². The third-order valence-electron chi connectivity index (χ3n) is 4.41. The van der Waals surface area contributed by atoms with Crippen LogP contribution in [0.15, 0.2) is 34.5 Å². The van der Waals surface area contributed by atoms with Gasteiger partial charge in [0.15, 0.2) is 5.13 Å². The van der Waals surface area contributed by atoms with Crippen molar-refractivity contribution in [2.75, 3.05) is 18.4 Å². The summed E-state index contributed by atoms with van der Waals surface area (Å²) in [4.78, 5) is 16.8. The molecule has 1 fully saturated rings. The van der Waals surface area contributed by atoms with Crippen molar-refractivity contribution in [3.05, 3.63) is 40.9 Å². The average Bonchev–Trinajstić information content (AvgIpc) is 2.99. The minimum atomic E-state index is -3.61. The van der Waals surface area contributed by atoms with E-state index in [1.54, 1.807) is 18.2 Å². The molecule has 6 nitrogen and oxygen atoms in total. The fourth-order valence-corrected chi connectivity index (χ4v) is 5.74. The third-order valence-corrected chi connectivity index (χ3v) is 7.11. The summed E-state index contributed by atoms with van der Waals surface area (Å²) in [6.45, 7) is 7.01. The monoisotopic (exact) mass is 393 g/mol. The standard InChI is InChI=1S/C18H23N3O3S2/c1-12-7-13(2)10-21(9-12)26(23,24)16-6-4-5-15(8-16)17(22)20-18-19-14(3)11-25-18/h4-6,8,11-13H,7,9-10H2,1-3H3,(H,19,20,22). The number of nitrogens with one attached hydrogen (secondary N) is 1. The zero-order valence-electron chi connectivity index (χ0n) is 15.1. The number of carbonyl (C=O) groups is 1. The lowest BCUT2D eigenvalue weighted by atomic mass is 9.94. The number of nitrogens with zero attached hydrogens (tertiary/aromatic N) is 2. The molecule has 1 aliphatic heterocycles. The van der Waals surface area contributed by atoms with Crippen molar-refractivity contribution < 1.29 is 13.2 Å². The molecule has 0 bridgehead atoms. The number of aromatic nitrogens is 1. The largest absolute Gasteiger partial charge is 0.298 e. The lowest BCUT2D eigenvalue weighted by Gasteiger charge is -2.34. The number of anilines is 1. The highest BCUT2D eigenvalue weighted by atomic mass is 32.2. The lowest BCUT2D eigenvalue weighted by Crippen LogP contribution is -2.42. The van der Waals surface area contributed by atoms with Gasteiger partial charge in [0.05, 0.1) is 10.6 Å². The lowest BCUT2D eigenvalue weighted by molar-refractivity contribution is 0.102. The molecule has 1 N–H and O–H groups in total. The summed E-state index contributed by atoms with van der Waals surface area (Å²) in [6, 6.07) is 6.20. The predicted molar refractivity (Wildman–Crippen MR) is 103 cm³/mol. The fourth-order valence-electron chi connectivity index (χ4n) is 3.33. The molecule has 1 saturated heterocycles. The Morgan fingerprint density at radius 2 is 1.96 bits per heavy atom. The van der Waals surface area contributed by atoms with Gasteiger partial charge < -0.3 is 0 Å². The molecule has 1 amide bonds. The van der Waals surface area contributed by atoms with E-state index in [0.717, 1.165) is 12.1 Å². The molecular formula is C18H23N3O3S2. The van der Waals surface area contributed by atoms with Crippen LogP contribution in [0.4, 0.5) is 5.13 Å². The molecule has 1 aliphatic rings. The van der Waals surface area contributed by atoms with Gasteiger partial charge in [-0.15, -0.1) is 11.3 Å². The van der Waals surface area contributed by atoms with E-state index < -0.39 is 10.0 Å². The molecule has 2 heterocycles. The van der Waals surface area contributed by atoms with Crippen LogP contribution in [-0.2, 0) is 10.0 Å². The van der Waals surface area contributed by atoms with E-state index in [1.807, 2.05) is 12.3 Å². The van der Waals surface area contributed by atoms with Crippen molar-refractivity contribution in [3.8, 4) is 0 Å². The summed E-state index contributed by atoms with van der Waals surface area (Å²) in [5, 5.41) is 5.05. The van der Waals surface area contributed by atoms with Crippen LogP contribution in [-0.4, -0.2) is 36.7 Å². The van der Waals surface area contributed by atoms with Gasteiger partial charge in [-0.25, -0.2) is 13.4 Å². The van der Waals surface area contributed by atoms with Gasteiger partial charge in [-0.1, -0.05) is 19.9 Å². The molecule has 2 unspecified atom stereocenters. The zero-order valence-corrected chi connectivity index (χ0v) is 16.7. The average molecular weight is 394 g/mol. The molecule has 0 saturated carbocycles. The number of rotatable bonds is 4. The number of carbonyl (C=O) groups excluding carboxylic acids is 1. The number of piperidine rings is 1. The van der Waals surface area contributed by atoms with E-state index in [2.05, 4.69) is 24.1 Å². The van der Waals surface area contributed by atoms with Gasteiger partial charge in [0.1, 0.15) is 0 Å². The molecule has 2 aromatic rings. The van der Waals surface area contributed by atoms with E-state index in [0.29, 0.717) is 35.6 Å². The Labute approximate surface area is 158 Å². The van der Waals surface area contributed by atoms with Gasteiger partial charge in [0.2, 0.25) is 10.0 Å². The summed E-state index contributed by atoms with van der Waals surface area (Å²) < 4.78 is 27.5. The second-order valence-corrected chi connectivity index (χ2v) is 9.84. The van der Waals surface area contributed by atoms with Gasteiger partial charge in [-0.2, -0.15) is 4.31 Å². The zero-order chi connectivity index (χ0) is 18.9. The molecular weight excluding hydrogens is 370 g/mol. The Kier molecular flexibility index (Phi) is 5.45. The maximum Gasteiger partial charge on any atom is 0.257 e. The highest BCUT2D eigenvalue weighted by Crippen LogP contribution is 2.27. The molecule has 140 valence electrons. The van der Waals surface area contributed by atoms with Gasteiger partial charge in [-0.05, 0) is 43.4 Å². The second-order valence-electron chi connectivity index (χ2n) is 7.04. The number of hydrogen-bond acceptors (Lipinski definition) is 5. The first-order valence-corrected chi connectivity index (χ1v) is 10.9. The predicted octanol–water partition coefficient (Wildman–Crippen LogP) is 3.37. The second kappa shape index (κ2) is 7.46. The maximum atomic E-state index is 13.0. The summed E-state index contributed by atoms with van der Waals surface area (Å²) in [7, 11) is -3.61. The van der Waals surface area contributed by atoms with Crippen molar-refractivity contribution in [2.45, 2.75) is 32.1 Å². The quantitative estimate of drug-likeness (QED) is 0.864. The first-order valence-electron chi connectivity index (χ1n) is 8.59. The van der Waals surface area contributed by atoms with E-state index in [4.69, 9.17) is 0 Å². The van der Waals surface area contributed by atoms with Crippen LogP contribution in [0.2, 0.25) is 0 Å². The first kappa shape index (κ1) is 19.0. The van der Waals surface area contributed by atoms with Gasteiger partial charge in [-0.3, -0.25) is 10.1 Å². The molecule has 3 rings (SSSR count). The van der Waals surface area contributed by atoms with Gasteiger partial charge in [0.25, 0.3) is 5.91 Å². The molecule has 0 spiro atoms. The Bertz CT molecular complexity index is 898. The van der Waals surface area contributed by atoms with E-state index in [1.165, 1.54) is 21.7 Å². The SMILES string of the molecule is Cc1csc(NC(=O)c2cccc(S(=O)(=O)N3CC(C)CC(C)C3)c2)n1. The van der Waals surface area contributed by atoms with Crippen molar-refractivity contribution >= 4 is 32.4 Å². The van der Waals surface area contributed by atoms with Crippen molar-refractivity contribution in [3.63, 3.8) is 0 Å². The molecule has 0 aliphatic carbocycles. The number of sulfonamides is 1. The van der Waals surface area contributed by atoms with Crippen molar-refractivity contribution in [1.82, 2.24) is 9.29 Å². The minimum absolute atomic E-state index is 0.154. The fraction of sp³-hybridized carbons (Fsp3) is 0.444. The maximum absolute atomic E-state index is 13.0. The number of hydrogen-bond donors (Lipinski definition) is 1. The Hall–Kier alpha value is -1.77. The van der Waals surface area contributed by atoms with E-state index >= 15 is 0 Å². The molecule has 0 radical (unpaired) electrons. The van der Waals surface area contributed by atoms with E-state index in [9.17, 15) is 13.2 Å². The topological polar surface area (TPSA) is 79.4 Å². The smallest absolute Gasteiger partial charge is 0.257 e. The summed E-state index contributed by atoms with van der Waals surface area (Å²) >= 11 is 1.34. The summed E-state index contributed by atoms with van der Waals surface area (Å²) in [6.07, 6.45) is 1.03. The minimum Gasteiger partial charge on any atom is -0.298 e. The highest BCUT2D eigenvalue weighted by molar-refractivity contribution is 7.89. The Morgan fingerprint density at radius 1 is 1.27 bits per heavy atom. The Morgan fingerprint density at radius 3 is 2.58 bits per heavy atom. The highest BCUT2D eigenvalue weighted by Gasteiger charge is 2.32. The van der Waals surface area contributed by atoms with Crippen LogP contribution in [0.5, 0.6) is 0 Å². The first-order chi connectivity index (χ1) is 12.3. The van der Waals surface area contributed by atoms with Crippen LogP contribution in [0.25, 0.3) is 0 Å². The molecule has 1 aromatic heterocycles. The van der Waals surface area contributed by atoms with Crippen LogP contribution in [0.3, 0.4) is 0 Å². The van der Waals surface area contributed by atoms with Crippen molar-refractivity contribution in [1.29, 1.82) is 0 Å². The van der Waals surface area contributed by atoms with E-state index in [-0.39, 0.29) is 10.8 Å². The van der Waals surface area contributed by atoms with Crippen LogP contribution in [0.1, 0.15) is 36.3 Å². The number of benzene rings is 1. The molecule has 1 aromatic carbocycles. The number of thiazole rings is 1. The normalized spacial score (nSPS) is 21.5. The van der Waals surface area contributed by atoms with Gasteiger partial charge >= 0.3 is 0 Å². The summed E-state index contributed by atoms with van der Waals surface area (Å²) in [5.41, 5.74) is 1.13. The van der Waals surface area contributed by atoms with Gasteiger partial charge in [0, 0.05) is 24.0 Å². The Balaban J connectivity index is 1.82. The number of aryl methyl sites for hydroxylation is 1. The van der Waals surface area contributed by atoms with Crippen LogP contribution in [0, 0.1) is 18.8 Å².